The van der Waals surface area contributed by atoms with E-state index in [9.17, 15) is 9.59 Å². The lowest BCUT2D eigenvalue weighted by Crippen LogP contribution is -2.48. The average molecular weight is 296 g/mol. The number of carbonyl (C=O) groups excluding carboxylic acids is 2. The fourth-order valence-electron chi connectivity index (χ4n) is 2.76. The molecule has 3 amide bonds. The molecular formula is C15H28N4O2. The number of hydrogen-bond donors (Lipinski definition) is 3. The predicted octanol–water partition coefficient (Wildman–Crippen LogP) is 0.685. The van der Waals surface area contributed by atoms with Gasteiger partial charge in [0, 0.05) is 25.2 Å². The maximum Gasteiger partial charge on any atom is 0.321 e. The van der Waals surface area contributed by atoms with Gasteiger partial charge in [-0.1, -0.05) is 0 Å². The summed E-state index contributed by atoms with van der Waals surface area (Å²) >= 11 is 0. The van der Waals surface area contributed by atoms with E-state index in [-0.39, 0.29) is 11.9 Å². The second kappa shape index (κ2) is 7.75. The highest BCUT2D eigenvalue weighted by Crippen LogP contribution is 2.29. The Morgan fingerprint density at radius 1 is 1.24 bits per heavy atom. The van der Waals surface area contributed by atoms with E-state index >= 15 is 0 Å². The third kappa shape index (κ3) is 6.44. The zero-order valence-corrected chi connectivity index (χ0v) is 13.2. The van der Waals surface area contributed by atoms with Crippen molar-refractivity contribution in [1.82, 2.24) is 20.9 Å². The quantitative estimate of drug-likeness (QED) is 0.646. The number of carbonyl (C=O) groups is 2. The molecule has 1 saturated heterocycles. The van der Waals surface area contributed by atoms with Crippen LogP contribution in [0.25, 0.3) is 0 Å². The molecule has 2 aliphatic rings. The maximum atomic E-state index is 12.0. The summed E-state index contributed by atoms with van der Waals surface area (Å²) in [6, 6.07) is 0.115. The number of amides is 3. The number of nitrogens with zero attached hydrogens (tertiary/aromatic N) is 1. The first-order valence-corrected chi connectivity index (χ1v) is 8.09. The van der Waals surface area contributed by atoms with Gasteiger partial charge >= 0.3 is 6.03 Å². The van der Waals surface area contributed by atoms with Crippen LogP contribution in [0.1, 0.15) is 39.5 Å². The van der Waals surface area contributed by atoms with Crippen molar-refractivity contribution in [2.24, 2.45) is 5.92 Å². The Kier molecular flexibility index (Phi) is 5.99. The van der Waals surface area contributed by atoms with E-state index in [4.69, 9.17) is 0 Å². The van der Waals surface area contributed by atoms with Crippen LogP contribution >= 0.6 is 0 Å². The van der Waals surface area contributed by atoms with Crippen molar-refractivity contribution in [3.63, 3.8) is 0 Å². The Hall–Kier alpha value is -1.14. The SMILES string of the molecule is CC(C)NC(=O)NC(=O)CN(CC1CC1)CC1CCCN1. The predicted molar refractivity (Wildman–Crippen MR) is 82.0 cm³/mol. The van der Waals surface area contributed by atoms with Gasteiger partial charge in [-0.3, -0.25) is 15.0 Å². The highest BCUT2D eigenvalue weighted by Gasteiger charge is 2.27. The molecule has 0 bridgehead atoms. The molecule has 1 unspecified atom stereocenters. The lowest BCUT2D eigenvalue weighted by atomic mass is 10.2. The molecule has 0 aromatic carbocycles. The minimum absolute atomic E-state index is 0.0306. The van der Waals surface area contributed by atoms with Gasteiger partial charge in [-0.05, 0) is 52.0 Å². The molecule has 0 radical (unpaired) electrons. The number of imide groups is 1. The fourth-order valence-corrected chi connectivity index (χ4v) is 2.76. The second-order valence-electron chi connectivity index (χ2n) is 6.61. The molecule has 3 N–H and O–H groups in total. The van der Waals surface area contributed by atoms with Crippen LogP contribution in [0, 0.1) is 5.92 Å². The zero-order chi connectivity index (χ0) is 15.2. The third-order valence-electron chi connectivity index (χ3n) is 3.89. The summed E-state index contributed by atoms with van der Waals surface area (Å²) in [6.45, 7) is 6.99. The lowest BCUT2D eigenvalue weighted by molar-refractivity contribution is -0.121. The molecular weight excluding hydrogens is 268 g/mol. The number of hydrogen-bond acceptors (Lipinski definition) is 4. The Labute approximate surface area is 127 Å². The van der Waals surface area contributed by atoms with E-state index in [1.54, 1.807) is 0 Å². The largest absolute Gasteiger partial charge is 0.336 e. The van der Waals surface area contributed by atoms with Gasteiger partial charge in [-0.25, -0.2) is 4.79 Å². The van der Waals surface area contributed by atoms with E-state index in [2.05, 4.69) is 20.9 Å². The summed E-state index contributed by atoms with van der Waals surface area (Å²) in [6.07, 6.45) is 4.93. The van der Waals surface area contributed by atoms with Crippen LogP contribution < -0.4 is 16.0 Å². The molecule has 1 heterocycles. The van der Waals surface area contributed by atoms with E-state index in [0.717, 1.165) is 25.6 Å². The van der Waals surface area contributed by atoms with E-state index in [0.29, 0.717) is 12.6 Å². The average Bonchev–Trinajstić information content (AvgIpc) is 3.01. The van der Waals surface area contributed by atoms with Crippen molar-refractivity contribution in [2.45, 2.75) is 51.6 Å². The van der Waals surface area contributed by atoms with Crippen LogP contribution in [0.3, 0.4) is 0 Å². The lowest BCUT2D eigenvalue weighted by Gasteiger charge is -2.25. The van der Waals surface area contributed by atoms with Crippen LogP contribution in [0.4, 0.5) is 4.79 Å². The molecule has 1 atom stereocenters. The van der Waals surface area contributed by atoms with Gasteiger partial charge in [0.15, 0.2) is 0 Å². The van der Waals surface area contributed by atoms with Gasteiger partial charge in [0.05, 0.1) is 6.54 Å². The number of rotatable bonds is 7. The second-order valence-corrected chi connectivity index (χ2v) is 6.61. The molecule has 2 rings (SSSR count). The van der Waals surface area contributed by atoms with Gasteiger partial charge in [0.1, 0.15) is 0 Å². The van der Waals surface area contributed by atoms with E-state index < -0.39 is 6.03 Å². The Balaban J connectivity index is 1.76. The Bertz CT molecular complexity index is 363. The molecule has 21 heavy (non-hydrogen) atoms. The third-order valence-corrected chi connectivity index (χ3v) is 3.89. The smallest absolute Gasteiger partial charge is 0.321 e. The Morgan fingerprint density at radius 3 is 2.57 bits per heavy atom. The van der Waals surface area contributed by atoms with Gasteiger partial charge < -0.3 is 10.6 Å². The topological polar surface area (TPSA) is 73.5 Å². The van der Waals surface area contributed by atoms with Crippen LogP contribution in [0.15, 0.2) is 0 Å². The van der Waals surface area contributed by atoms with Crippen LogP contribution in [0.2, 0.25) is 0 Å². The Morgan fingerprint density at radius 2 is 2.00 bits per heavy atom. The highest BCUT2D eigenvalue weighted by atomic mass is 16.2. The van der Waals surface area contributed by atoms with Gasteiger partial charge in [-0.2, -0.15) is 0 Å². The molecule has 6 nitrogen and oxygen atoms in total. The molecule has 1 saturated carbocycles. The summed E-state index contributed by atoms with van der Waals surface area (Å²) < 4.78 is 0. The molecule has 0 aromatic heterocycles. The summed E-state index contributed by atoms with van der Waals surface area (Å²) in [5, 5.41) is 8.55. The van der Waals surface area contributed by atoms with Crippen molar-refractivity contribution in [2.75, 3.05) is 26.2 Å². The molecule has 2 fully saturated rings. The fraction of sp³-hybridized carbons (Fsp3) is 0.867. The summed E-state index contributed by atoms with van der Waals surface area (Å²) in [4.78, 5) is 25.7. The maximum absolute atomic E-state index is 12.0. The number of nitrogens with one attached hydrogen (secondary N) is 3. The first-order chi connectivity index (χ1) is 10.0. The molecule has 0 spiro atoms. The summed E-state index contributed by atoms with van der Waals surface area (Å²) in [5.74, 6) is 0.524. The van der Waals surface area contributed by atoms with Gasteiger partial charge in [-0.15, -0.1) is 0 Å². The van der Waals surface area contributed by atoms with Crippen molar-refractivity contribution in [1.29, 1.82) is 0 Å². The van der Waals surface area contributed by atoms with Gasteiger partial charge in [0.25, 0.3) is 0 Å². The molecule has 0 aromatic rings. The standard InChI is InChI=1S/C15H28N4O2/c1-11(2)17-15(21)18-14(20)10-19(8-12-5-6-12)9-13-4-3-7-16-13/h11-13,16H,3-10H2,1-2H3,(H2,17,18,20,21). The first kappa shape index (κ1) is 16.2. The van der Waals surface area contributed by atoms with Crippen molar-refractivity contribution >= 4 is 11.9 Å². The molecule has 1 aliphatic carbocycles. The van der Waals surface area contributed by atoms with Gasteiger partial charge in [0.2, 0.25) is 5.91 Å². The summed E-state index contributed by atoms with van der Waals surface area (Å²) in [5.41, 5.74) is 0. The van der Waals surface area contributed by atoms with Crippen molar-refractivity contribution < 1.29 is 9.59 Å². The van der Waals surface area contributed by atoms with Crippen molar-refractivity contribution in [3.05, 3.63) is 0 Å². The molecule has 6 heteroatoms. The van der Waals surface area contributed by atoms with E-state index in [1.807, 2.05) is 13.8 Å². The van der Waals surface area contributed by atoms with Crippen molar-refractivity contribution in [3.8, 4) is 0 Å². The van der Waals surface area contributed by atoms with E-state index in [1.165, 1.54) is 25.7 Å². The van der Waals surface area contributed by atoms with Crippen LogP contribution in [0.5, 0.6) is 0 Å². The zero-order valence-electron chi connectivity index (χ0n) is 13.2. The summed E-state index contributed by atoms with van der Waals surface area (Å²) in [7, 11) is 0. The monoisotopic (exact) mass is 296 g/mol. The van der Waals surface area contributed by atoms with Crippen LogP contribution in [-0.2, 0) is 4.79 Å². The first-order valence-electron chi connectivity index (χ1n) is 8.09. The highest BCUT2D eigenvalue weighted by molar-refractivity contribution is 5.95. The minimum atomic E-state index is -0.402. The minimum Gasteiger partial charge on any atom is -0.336 e. The normalized spacial score (nSPS) is 21.8. The molecule has 120 valence electrons. The number of urea groups is 1. The van der Waals surface area contributed by atoms with Crippen LogP contribution in [-0.4, -0.2) is 55.1 Å². The molecule has 1 aliphatic heterocycles.